The van der Waals surface area contributed by atoms with Gasteiger partial charge in [0.2, 0.25) is 10.0 Å². The third kappa shape index (κ3) is 4.85. The number of nitrogens with zero attached hydrogens (tertiary/aromatic N) is 1. The minimum atomic E-state index is -3.58. The minimum absolute atomic E-state index is 0.204. The van der Waals surface area contributed by atoms with Crippen molar-refractivity contribution in [1.29, 1.82) is 0 Å². The van der Waals surface area contributed by atoms with E-state index in [0.29, 0.717) is 10.2 Å². The summed E-state index contributed by atoms with van der Waals surface area (Å²) >= 11 is 3.32. The summed E-state index contributed by atoms with van der Waals surface area (Å²) in [5, 5.41) is 0. The van der Waals surface area contributed by atoms with Crippen LogP contribution in [0.3, 0.4) is 0 Å². The average molecular weight is 439 g/mol. The highest BCUT2D eigenvalue weighted by molar-refractivity contribution is 9.10. The lowest BCUT2D eigenvalue weighted by atomic mass is 10.1. The number of hydrogen-bond acceptors (Lipinski definition) is 4. The number of benzene rings is 2. The van der Waals surface area contributed by atoms with Crippen LogP contribution in [0.25, 0.3) is 0 Å². The van der Waals surface area contributed by atoms with Gasteiger partial charge in [0.1, 0.15) is 5.75 Å². The minimum Gasteiger partial charge on any atom is -0.496 e. The van der Waals surface area contributed by atoms with Crippen molar-refractivity contribution in [3.63, 3.8) is 0 Å². The standard InChI is InChI=1S/C19H23BrN2O3S/c1-25-19-9-8-17(12-18(19)20)26(23,24)21-13-15-4-6-16(7-5-15)14-22-10-2-3-11-22/h4-9,12,21H,2-3,10-11,13-14H2,1H3. The molecule has 0 bridgehead atoms. The molecule has 2 aromatic carbocycles. The molecule has 1 heterocycles. The van der Waals surface area contributed by atoms with E-state index in [1.807, 2.05) is 12.1 Å². The van der Waals surface area contributed by atoms with E-state index in [2.05, 4.69) is 37.7 Å². The third-order valence-electron chi connectivity index (χ3n) is 4.53. The molecule has 26 heavy (non-hydrogen) atoms. The van der Waals surface area contributed by atoms with Crippen molar-refractivity contribution in [3.05, 3.63) is 58.1 Å². The zero-order valence-corrected chi connectivity index (χ0v) is 17.1. The number of ether oxygens (including phenoxy) is 1. The van der Waals surface area contributed by atoms with Gasteiger partial charge in [-0.2, -0.15) is 0 Å². The van der Waals surface area contributed by atoms with Crippen molar-refractivity contribution in [2.75, 3.05) is 20.2 Å². The van der Waals surface area contributed by atoms with Gasteiger partial charge in [0.15, 0.2) is 0 Å². The number of nitrogens with one attached hydrogen (secondary N) is 1. The highest BCUT2D eigenvalue weighted by Gasteiger charge is 2.16. The molecule has 0 amide bonds. The van der Waals surface area contributed by atoms with Crippen LogP contribution in [0.4, 0.5) is 0 Å². The monoisotopic (exact) mass is 438 g/mol. The van der Waals surface area contributed by atoms with Crippen LogP contribution < -0.4 is 9.46 Å². The summed E-state index contributed by atoms with van der Waals surface area (Å²) in [5.74, 6) is 0.595. The fourth-order valence-corrected chi connectivity index (χ4v) is 4.77. The van der Waals surface area contributed by atoms with Crippen LogP contribution in [0.5, 0.6) is 5.75 Å². The smallest absolute Gasteiger partial charge is 0.240 e. The number of rotatable bonds is 7. The molecule has 0 spiro atoms. The predicted molar refractivity (Wildman–Crippen MR) is 106 cm³/mol. The first-order valence-electron chi connectivity index (χ1n) is 8.61. The first-order chi connectivity index (χ1) is 12.5. The van der Waals surface area contributed by atoms with Gasteiger partial charge in [0, 0.05) is 13.1 Å². The Hall–Kier alpha value is -1.41. The second-order valence-corrected chi connectivity index (χ2v) is 9.04. The van der Waals surface area contributed by atoms with Gasteiger partial charge in [-0.3, -0.25) is 4.90 Å². The lowest BCUT2D eigenvalue weighted by Gasteiger charge is -2.14. The third-order valence-corrected chi connectivity index (χ3v) is 6.55. The van der Waals surface area contributed by atoms with Crippen LogP contribution in [0, 0.1) is 0 Å². The Bertz CT molecular complexity index is 848. The van der Waals surface area contributed by atoms with Gasteiger partial charge < -0.3 is 4.74 Å². The molecular weight excluding hydrogens is 416 g/mol. The predicted octanol–water partition coefficient (Wildman–Crippen LogP) is 3.53. The maximum Gasteiger partial charge on any atom is 0.240 e. The Kier molecular flexibility index (Phi) is 6.34. The van der Waals surface area contributed by atoms with Gasteiger partial charge in [0.25, 0.3) is 0 Å². The summed E-state index contributed by atoms with van der Waals surface area (Å²) in [4.78, 5) is 2.65. The van der Waals surface area contributed by atoms with E-state index in [9.17, 15) is 8.42 Å². The SMILES string of the molecule is COc1ccc(S(=O)(=O)NCc2ccc(CN3CCCC3)cc2)cc1Br. The van der Waals surface area contributed by atoms with Crippen molar-refractivity contribution >= 4 is 26.0 Å². The van der Waals surface area contributed by atoms with Crippen LogP contribution in [-0.4, -0.2) is 33.5 Å². The lowest BCUT2D eigenvalue weighted by Crippen LogP contribution is -2.23. The van der Waals surface area contributed by atoms with E-state index in [4.69, 9.17) is 4.74 Å². The fraction of sp³-hybridized carbons (Fsp3) is 0.368. The van der Waals surface area contributed by atoms with Crippen LogP contribution >= 0.6 is 15.9 Å². The van der Waals surface area contributed by atoms with Crippen molar-refractivity contribution in [3.8, 4) is 5.75 Å². The number of halogens is 1. The summed E-state index contributed by atoms with van der Waals surface area (Å²) in [6.07, 6.45) is 2.56. The highest BCUT2D eigenvalue weighted by atomic mass is 79.9. The van der Waals surface area contributed by atoms with Crippen molar-refractivity contribution in [1.82, 2.24) is 9.62 Å². The summed E-state index contributed by atoms with van der Waals surface area (Å²) in [5.41, 5.74) is 2.20. The van der Waals surface area contributed by atoms with Crippen molar-refractivity contribution in [2.24, 2.45) is 0 Å². The van der Waals surface area contributed by atoms with E-state index in [1.165, 1.54) is 37.6 Å². The number of hydrogen-bond donors (Lipinski definition) is 1. The van der Waals surface area contributed by atoms with Crippen molar-refractivity contribution < 1.29 is 13.2 Å². The Balaban J connectivity index is 1.61. The maximum absolute atomic E-state index is 12.5. The first-order valence-corrected chi connectivity index (χ1v) is 10.9. The van der Waals surface area contributed by atoms with Crippen molar-refractivity contribution in [2.45, 2.75) is 30.8 Å². The van der Waals surface area contributed by atoms with E-state index < -0.39 is 10.0 Å². The molecule has 3 rings (SSSR count). The molecule has 1 saturated heterocycles. The normalized spacial score (nSPS) is 15.3. The first kappa shape index (κ1) is 19.4. The topological polar surface area (TPSA) is 58.6 Å². The Labute approximate surface area is 163 Å². The molecule has 0 radical (unpaired) electrons. The van der Waals surface area contributed by atoms with E-state index in [-0.39, 0.29) is 11.4 Å². The summed E-state index contributed by atoms with van der Waals surface area (Å²) in [6.45, 7) is 3.56. The van der Waals surface area contributed by atoms with Gasteiger partial charge in [0.05, 0.1) is 16.5 Å². The summed E-state index contributed by atoms with van der Waals surface area (Å²) in [7, 11) is -2.04. The molecule has 0 atom stereocenters. The molecule has 1 N–H and O–H groups in total. The molecule has 0 aliphatic carbocycles. The van der Waals surface area contributed by atoms with E-state index in [1.54, 1.807) is 19.2 Å². The van der Waals surface area contributed by atoms with E-state index >= 15 is 0 Å². The quantitative estimate of drug-likeness (QED) is 0.717. The van der Waals surface area contributed by atoms with Gasteiger partial charge in [-0.25, -0.2) is 13.1 Å². The second-order valence-electron chi connectivity index (χ2n) is 6.42. The molecule has 5 nitrogen and oxygen atoms in total. The lowest BCUT2D eigenvalue weighted by molar-refractivity contribution is 0.331. The Morgan fingerprint density at radius 2 is 1.73 bits per heavy atom. The van der Waals surface area contributed by atoms with Gasteiger partial charge in [-0.15, -0.1) is 0 Å². The molecule has 0 unspecified atom stereocenters. The largest absolute Gasteiger partial charge is 0.496 e. The maximum atomic E-state index is 12.5. The van der Waals surface area contributed by atoms with Gasteiger partial charge in [-0.1, -0.05) is 24.3 Å². The molecule has 1 aliphatic rings. The second kappa shape index (κ2) is 8.52. The van der Waals surface area contributed by atoms with Gasteiger partial charge >= 0.3 is 0 Å². The molecule has 7 heteroatoms. The molecule has 140 valence electrons. The molecule has 0 aromatic heterocycles. The number of methoxy groups -OCH3 is 1. The fourth-order valence-electron chi connectivity index (χ4n) is 3.04. The highest BCUT2D eigenvalue weighted by Crippen LogP contribution is 2.27. The Morgan fingerprint density at radius 3 is 2.35 bits per heavy atom. The van der Waals surface area contributed by atoms with Crippen LogP contribution in [0.15, 0.2) is 51.8 Å². The van der Waals surface area contributed by atoms with Crippen LogP contribution in [0.2, 0.25) is 0 Å². The molecule has 2 aromatic rings. The molecular formula is C19H23BrN2O3S. The van der Waals surface area contributed by atoms with Gasteiger partial charge in [-0.05, 0) is 71.2 Å². The van der Waals surface area contributed by atoms with Crippen LogP contribution in [0.1, 0.15) is 24.0 Å². The molecule has 1 fully saturated rings. The number of sulfonamides is 1. The Morgan fingerprint density at radius 1 is 1.08 bits per heavy atom. The zero-order valence-electron chi connectivity index (χ0n) is 14.7. The summed E-state index contributed by atoms with van der Waals surface area (Å²) < 4.78 is 33.3. The molecule has 1 aliphatic heterocycles. The average Bonchev–Trinajstić information content (AvgIpc) is 3.14. The number of likely N-dealkylation sites (tertiary alicyclic amines) is 1. The zero-order chi connectivity index (χ0) is 18.6. The molecule has 0 saturated carbocycles. The van der Waals surface area contributed by atoms with E-state index in [0.717, 1.165) is 12.1 Å². The van der Waals surface area contributed by atoms with Crippen LogP contribution in [-0.2, 0) is 23.1 Å². The summed E-state index contributed by atoms with van der Waals surface area (Å²) in [6, 6.07) is 12.8.